The first-order valence-corrected chi connectivity index (χ1v) is 7.89. The first-order valence-electron chi connectivity index (χ1n) is 7.07. The number of aromatic nitrogens is 4. The van der Waals surface area contributed by atoms with Crippen LogP contribution in [0.15, 0.2) is 42.7 Å². The number of rotatable bonds is 4. The Bertz CT molecular complexity index is 797. The van der Waals surface area contributed by atoms with Crippen molar-refractivity contribution in [2.45, 2.75) is 13.0 Å². The summed E-state index contributed by atoms with van der Waals surface area (Å²) in [5.41, 5.74) is 1.04. The molecule has 2 amide bonds. The molecule has 2 aromatic heterocycles. The predicted molar refractivity (Wildman–Crippen MR) is 89.1 cm³/mol. The van der Waals surface area contributed by atoms with Crippen LogP contribution in [0.3, 0.4) is 0 Å². The third-order valence-corrected chi connectivity index (χ3v) is 4.14. The van der Waals surface area contributed by atoms with Gasteiger partial charge in [-0.1, -0.05) is 41.7 Å². The first-order chi connectivity index (χ1) is 11.1. The van der Waals surface area contributed by atoms with Crippen LogP contribution in [0.4, 0.5) is 9.93 Å². The van der Waals surface area contributed by atoms with Crippen molar-refractivity contribution in [3.8, 4) is 10.8 Å². The summed E-state index contributed by atoms with van der Waals surface area (Å²) < 4.78 is 1.85. The second-order valence-electron chi connectivity index (χ2n) is 5.00. The normalized spacial score (nSPS) is 11.9. The summed E-state index contributed by atoms with van der Waals surface area (Å²) in [5.74, 6) is 0.716. The Morgan fingerprint density at radius 3 is 2.74 bits per heavy atom. The summed E-state index contributed by atoms with van der Waals surface area (Å²) in [4.78, 5) is 16.3. The van der Waals surface area contributed by atoms with Crippen LogP contribution in [-0.2, 0) is 7.05 Å². The molecule has 0 saturated carbocycles. The van der Waals surface area contributed by atoms with Gasteiger partial charge in [0.05, 0.1) is 6.04 Å². The second-order valence-corrected chi connectivity index (χ2v) is 5.98. The van der Waals surface area contributed by atoms with Gasteiger partial charge in [-0.15, -0.1) is 10.2 Å². The van der Waals surface area contributed by atoms with Crippen LogP contribution in [0.5, 0.6) is 0 Å². The van der Waals surface area contributed by atoms with Gasteiger partial charge in [0.1, 0.15) is 0 Å². The van der Waals surface area contributed by atoms with Gasteiger partial charge >= 0.3 is 6.03 Å². The average molecular weight is 328 g/mol. The standard InChI is InChI=1S/C15H16N6OS/c1-10(11-6-4-3-5-7-11)17-14(22)18-15-20-19-13(23-15)12-16-8-9-21(12)2/h3-10H,1-2H3,(H2,17,18,20,22). The topological polar surface area (TPSA) is 84.7 Å². The van der Waals surface area contributed by atoms with Crippen molar-refractivity contribution in [3.63, 3.8) is 0 Å². The lowest BCUT2D eigenvalue weighted by Gasteiger charge is -2.13. The van der Waals surface area contributed by atoms with E-state index in [0.717, 1.165) is 5.56 Å². The summed E-state index contributed by atoms with van der Waals surface area (Å²) in [6.45, 7) is 1.92. The lowest BCUT2D eigenvalue weighted by atomic mass is 10.1. The number of carbonyl (C=O) groups is 1. The summed E-state index contributed by atoms with van der Waals surface area (Å²) in [5, 5.41) is 14.7. The minimum atomic E-state index is -0.316. The average Bonchev–Trinajstić information content (AvgIpc) is 3.16. The van der Waals surface area contributed by atoms with E-state index < -0.39 is 0 Å². The first kappa shape index (κ1) is 15.2. The molecule has 7 nitrogen and oxygen atoms in total. The van der Waals surface area contributed by atoms with Gasteiger partial charge in [-0.3, -0.25) is 5.32 Å². The van der Waals surface area contributed by atoms with Crippen molar-refractivity contribution in [1.82, 2.24) is 25.1 Å². The number of benzene rings is 1. The van der Waals surface area contributed by atoms with E-state index in [-0.39, 0.29) is 12.1 Å². The van der Waals surface area contributed by atoms with Crippen molar-refractivity contribution in [1.29, 1.82) is 0 Å². The zero-order valence-electron chi connectivity index (χ0n) is 12.7. The molecule has 8 heteroatoms. The third kappa shape index (κ3) is 3.54. The summed E-state index contributed by atoms with van der Waals surface area (Å²) >= 11 is 1.28. The van der Waals surface area contributed by atoms with Crippen molar-refractivity contribution < 1.29 is 4.79 Å². The van der Waals surface area contributed by atoms with Crippen molar-refractivity contribution >= 4 is 22.5 Å². The Morgan fingerprint density at radius 1 is 1.26 bits per heavy atom. The number of imidazole rings is 1. The van der Waals surface area contributed by atoms with Crippen molar-refractivity contribution in [3.05, 3.63) is 48.3 Å². The van der Waals surface area contributed by atoms with E-state index >= 15 is 0 Å². The molecule has 2 heterocycles. The summed E-state index contributed by atoms with van der Waals surface area (Å²) in [6.07, 6.45) is 3.52. The molecule has 0 aliphatic heterocycles. The fourth-order valence-electron chi connectivity index (χ4n) is 2.09. The molecule has 1 aromatic carbocycles. The van der Waals surface area contributed by atoms with E-state index in [1.54, 1.807) is 6.20 Å². The Labute approximate surface area is 137 Å². The maximum atomic E-state index is 12.1. The predicted octanol–water partition coefficient (Wildman–Crippen LogP) is 2.82. The molecule has 3 aromatic rings. The fraction of sp³-hybridized carbons (Fsp3) is 0.200. The maximum Gasteiger partial charge on any atom is 0.321 e. The number of anilines is 1. The fourth-order valence-corrected chi connectivity index (χ4v) is 2.87. The highest BCUT2D eigenvalue weighted by molar-refractivity contribution is 7.18. The van der Waals surface area contributed by atoms with Crippen LogP contribution in [0.2, 0.25) is 0 Å². The Morgan fingerprint density at radius 2 is 2.04 bits per heavy atom. The minimum absolute atomic E-state index is 0.0990. The minimum Gasteiger partial charge on any atom is -0.332 e. The van der Waals surface area contributed by atoms with Crippen LogP contribution in [0.25, 0.3) is 10.8 Å². The molecule has 3 rings (SSSR count). The molecule has 0 saturated heterocycles. The van der Waals surface area contributed by atoms with E-state index in [2.05, 4.69) is 25.8 Å². The number of urea groups is 1. The molecule has 0 spiro atoms. The van der Waals surface area contributed by atoms with E-state index in [9.17, 15) is 4.79 Å². The van der Waals surface area contributed by atoms with Crippen LogP contribution in [-0.4, -0.2) is 25.8 Å². The van der Waals surface area contributed by atoms with Crippen LogP contribution >= 0.6 is 11.3 Å². The molecule has 1 unspecified atom stereocenters. The molecule has 2 N–H and O–H groups in total. The molecular weight excluding hydrogens is 312 g/mol. The molecule has 0 aliphatic carbocycles. The maximum absolute atomic E-state index is 12.1. The van der Waals surface area contributed by atoms with Gasteiger partial charge in [0.2, 0.25) is 5.13 Å². The van der Waals surface area contributed by atoms with E-state index in [4.69, 9.17) is 0 Å². The van der Waals surface area contributed by atoms with Gasteiger partial charge in [-0.05, 0) is 12.5 Å². The summed E-state index contributed by atoms with van der Waals surface area (Å²) in [6, 6.07) is 9.34. The molecule has 0 aliphatic rings. The number of nitrogens with zero attached hydrogens (tertiary/aromatic N) is 4. The smallest absolute Gasteiger partial charge is 0.321 e. The second kappa shape index (κ2) is 6.57. The number of hydrogen-bond acceptors (Lipinski definition) is 5. The largest absolute Gasteiger partial charge is 0.332 e. The van der Waals surface area contributed by atoms with Gasteiger partial charge < -0.3 is 9.88 Å². The SMILES string of the molecule is CC(NC(=O)Nc1nnc(-c2nccn2C)s1)c1ccccc1. The van der Waals surface area contributed by atoms with Crippen molar-refractivity contribution in [2.75, 3.05) is 5.32 Å². The van der Waals surface area contributed by atoms with Gasteiger partial charge in [0.25, 0.3) is 0 Å². The zero-order valence-corrected chi connectivity index (χ0v) is 13.5. The molecule has 23 heavy (non-hydrogen) atoms. The van der Waals surface area contributed by atoms with E-state index in [0.29, 0.717) is 16.0 Å². The number of nitrogens with one attached hydrogen (secondary N) is 2. The molecular formula is C15H16N6OS. The summed E-state index contributed by atoms with van der Waals surface area (Å²) in [7, 11) is 1.88. The molecule has 0 bridgehead atoms. The highest BCUT2D eigenvalue weighted by Crippen LogP contribution is 2.24. The zero-order chi connectivity index (χ0) is 16.2. The number of amides is 2. The Kier molecular flexibility index (Phi) is 4.33. The molecule has 1 atom stereocenters. The lowest BCUT2D eigenvalue weighted by Crippen LogP contribution is -2.31. The molecule has 118 valence electrons. The monoisotopic (exact) mass is 328 g/mol. The molecule has 0 fully saturated rings. The number of carbonyl (C=O) groups excluding carboxylic acids is 1. The van der Waals surface area contributed by atoms with Crippen molar-refractivity contribution in [2.24, 2.45) is 7.05 Å². The van der Waals surface area contributed by atoms with Gasteiger partial charge in [-0.2, -0.15) is 0 Å². The number of aryl methyl sites for hydroxylation is 1. The van der Waals surface area contributed by atoms with E-state index in [1.807, 2.05) is 55.1 Å². The highest BCUT2D eigenvalue weighted by atomic mass is 32.1. The third-order valence-electron chi connectivity index (χ3n) is 3.31. The highest BCUT2D eigenvalue weighted by Gasteiger charge is 2.14. The van der Waals surface area contributed by atoms with Crippen LogP contribution < -0.4 is 10.6 Å². The van der Waals surface area contributed by atoms with Crippen LogP contribution in [0.1, 0.15) is 18.5 Å². The van der Waals surface area contributed by atoms with E-state index in [1.165, 1.54) is 11.3 Å². The number of hydrogen-bond donors (Lipinski definition) is 2. The Hall–Kier alpha value is -2.74. The van der Waals surface area contributed by atoms with Gasteiger partial charge in [0, 0.05) is 19.4 Å². The van der Waals surface area contributed by atoms with Gasteiger partial charge in [-0.25, -0.2) is 9.78 Å². The van der Waals surface area contributed by atoms with Crippen LogP contribution in [0, 0.1) is 0 Å². The Balaban J connectivity index is 1.63. The quantitative estimate of drug-likeness (QED) is 0.771. The van der Waals surface area contributed by atoms with Gasteiger partial charge in [0.15, 0.2) is 10.8 Å². The molecule has 0 radical (unpaired) electrons. The lowest BCUT2D eigenvalue weighted by molar-refractivity contribution is 0.249.